The van der Waals surface area contributed by atoms with E-state index in [2.05, 4.69) is 20.0 Å². The molecular weight excluding hydrogens is 354 g/mol. The molecule has 0 saturated carbocycles. The molecule has 0 bridgehead atoms. The number of benzene rings is 2. The summed E-state index contributed by atoms with van der Waals surface area (Å²) in [5.41, 5.74) is 2.69. The number of anilines is 1. The van der Waals surface area contributed by atoms with Crippen LogP contribution in [0.15, 0.2) is 54.7 Å². The summed E-state index contributed by atoms with van der Waals surface area (Å²) >= 11 is 5.95. The number of rotatable bonds is 4. The van der Waals surface area contributed by atoms with Crippen molar-refractivity contribution in [1.29, 1.82) is 0 Å². The first-order valence-electron chi connectivity index (χ1n) is 7.65. The van der Waals surface area contributed by atoms with E-state index in [0.717, 1.165) is 11.0 Å². The van der Waals surface area contributed by atoms with Gasteiger partial charge in [-0.2, -0.15) is 0 Å². The van der Waals surface area contributed by atoms with Crippen molar-refractivity contribution in [2.75, 3.05) is 12.4 Å². The first-order valence-corrected chi connectivity index (χ1v) is 8.03. The number of fused-ring (bicyclic) bond motifs is 1. The minimum atomic E-state index is -0.576. The lowest BCUT2D eigenvalue weighted by Gasteiger charge is -2.06. The Balaban J connectivity index is 1.73. The van der Waals surface area contributed by atoms with Gasteiger partial charge in [0.15, 0.2) is 0 Å². The molecule has 1 aromatic heterocycles. The molecule has 130 valence electrons. The second kappa shape index (κ2) is 7.76. The Hall–Kier alpha value is -3.25. The summed E-state index contributed by atoms with van der Waals surface area (Å²) < 4.78 is 4.65. The third kappa shape index (κ3) is 4.04. The number of para-hydroxylation sites is 2. The zero-order chi connectivity index (χ0) is 18.5. The van der Waals surface area contributed by atoms with Crippen LogP contribution in [0.2, 0.25) is 5.02 Å². The van der Waals surface area contributed by atoms with Gasteiger partial charge in [0.1, 0.15) is 0 Å². The highest BCUT2D eigenvalue weighted by Crippen LogP contribution is 2.21. The molecule has 0 atom stereocenters. The van der Waals surface area contributed by atoms with Gasteiger partial charge in [0.05, 0.1) is 40.6 Å². The van der Waals surface area contributed by atoms with Crippen LogP contribution in [0.4, 0.5) is 5.69 Å². The lowest BCUT2D eigenvalue weighted by atomic mass is 10.2. The number of ether oxygens (including phenoxy) is 1. The molecule has 0 aliphatic heterocycles. The fourth-order valence-electron chi connectivity index (χ4n) is 2.27. The van der Waals surface area contributed by atoms with Gasteiger partial charge in [-0.1, -0.05) is 23.7 Å². The van der Waals surface area contributed by atoms with Crippen LogP contribution in [0.3, 0.4) is 0 Å². The molecule has 0 saturated heterocycles. The summed E-state index contributed by atoms with van der Waals surface area (Å²) in [7, 11) is 1.26. The molecule has 7 heteroatoms. The van der Waals surface area contributed by atoms with Crippen LogP contribution < -0.4 is 5.32 Å². The van der Waals surface area contributed by atoms with Crippen molar-refractivity contribution >= 4 is 46.3 Å². The molecule has 0 aliphatic rings. The number of nitrogens with one attached hydrogen (secondary N) is 1. The summed E-state index contributed by atoms with van der Waals surface area (Å²) in [5, 5.41) is 2.90. The van der Waals surface area contributed by atoms with Crippen LogP contribution in [0.1, 0.15) is 16.1 Å². The molecule has 3 rings (SSSR count). The monoisotopic (exact) mass is 367 g/mol. The number of methoxy groups -OCH3 is 1. The number of amides is 1. The van der Waals surface area contributed by atoms with E-state index < -0.39 is 5.97 Å². The van der Waals surface area contributed by atoms with Crippen molar-refractivity contribution in [3.8, 4) is 0 Å². The van der Waals surface area contributed by atoms with Gasteiger partial charge in [-0.25, -0.2) is 9.78 Å². The molecular formula is C19H14ClN3O3. The number of aromatic nitrogens is 2. The maximum atomic E-state index is 12.1. The quantitative estimate of drug-likeness (QED) is 0.561. The second-order valence-electron chi connectivity index (χ2n) is 5.29. The van der Waals surface area contributed by atoms with E-state index in [9.17, 15) is 9.59 Å². The first-order chi connectivity index (χ1) is 12.6. The number of esters is 1. The van der Waals surface area contributed by atoms with E-state index in [1.807, 2.05) is 24.3 Å². The summed E-state index contributed by atoms with van der Waals surface area (Å²) in [6, 6.07) is 12.0. The highest BCUT2D eigenvalue weighted by atomic mass is 35.5. The van der Waals surface area contributed by atoms with Gasteiger partial charge in [0.2, 0.25) is 5.91 Å². The van der Waals surface area contributed by atoms with Crippen molar-refractivity contribution < 1.29 is 14.3 Å². The summed E-state index contributed by atoms with van der Waals surface area (Å²) in [4.78, 5) is 32.4. The summed E-state index contributed by atoms with van der Waals surface area (Å²) in [5.74, 6) is -0.953. The topological polar surface area (TPSA) is 81.2 Å². The number of carbonyl (C=O) groups excluding carboxylic acids is 2. The Labute approximate surface area is 154 Å². The third-order valence-electron chi connectivity index (χ3n) is 3.51. The molecule has 0 radical (unpaired) electrons. The van der Waals surface area contributed by atoms with Crippen LogP contribution in [0, 0.1) is 0 Å². The fraction of sp³-hybridized carbons (Fsp3) is 0.0526. The second-order valence-corrected chi connectivity index (χ2v) is 5.70. The lowest BCUT2D eigenvalue weighted by Crippen LogP contribution is -2.09. The number of hydrogen-bond donors (Lipinski definition) is 1. The number of carbonyl (C=O) groups is 2. The molecule has 0 fully saturated rings. The number of hydrogen-bond acceptors (Lipinski definition) is 5. The van der Waals surface area contributed by atoms with Gasteiger partial charge < -0.3 is 10.1 Å². The Morgan fingerprint density at radius 1 is 1.15 bits per heavy atom. The average Bonchev–Trinajstić information content (AvgIpc) is 2.67. The van der Waals surface area contributed by atoms with Crippen LogP contribution in [0.25, 0.3) is 17.1 Å². The largest absolute Gasteiger partial charge is 0.465 e. The van der Waals surface area contributed by atoms with Crippen molar-refractivity contribution in [3.05, 3.63) is 71.0 Å². The van der Waals surface area contributed by atoms with Gasteiger partial charge >= 0.3 is 5.97 Å². The van der Waals surface area contributed by atoms with Crippen molar-refractivity contribution in [2.24, 2.45) is 0 Å². The highest BCUT2D eigenvalue weighted by Gasteiger charge is 2.12. The molecule has 1 amide bonds. The fourth-order valence-corrected chi connectivity index (χ4v) is 2.46. The van der Waals surface area contributed by atoms with Crippen LogP contribution >= 0.6 is 11.6 Å². The minimum absolute atomic E-state index is 0.177. The predicted molar refractivity (Wildman–Crippen MR) is 100.0 cm³/mol. The van der Waals surface area contributed by atoms with Gasteiger partial charge in [-0.15, -0.1) is 0 Å². The van der Waals surface area contributed by atoms with Crippen LogP contribution in [0.5, 0.6) is 0 Å². The molecule has 1 N–H and O–H groups in total. The normalized spacial score (nSPS) is 10.8. The van der Waals surface area contributed by atoms with E-state index in [4.69, 9.17) is 11.6 Å². The standard InChI is InChI=1S/C19H14ClN3O3/c1-26-19(25)14-10-12(6-8-15(14)20)23-18(24)9-7-13-11-21-16-4-2-3-5-17(16)22-13/h2-11H,1H3,(H,23,24)/b9-7+. The van der Waals surface area contributed by atoms with Crippen molar-refractivity contribution in [3.63, 3.8) is 0 Å². The zero-order valence-electron chi connectivity index (χ0n) is 13.8. The van der Waals surface area contributed by atoms with Crippen LogP contribution in [-0.2, 0) is 9.53 Å². The lowest BCUT2D eigenvalue weighted by molar-refractivity contribution is -0.111. The SMILES string of the molecule is COC(=O)c1cc(NC(=O)/C=C/c2cnc3ccccc3n2)ccc1Cl. The van der Waals surface area contributed by atoms with E-state index >= 15 is 0 Å². The average molecular weight is 368 g/mol. The molecule has 2 aromatic carbocycles. The molecule has 0 spiro atoms. The van der Waals surface area contributed by atoms with E-state index in [1.165, 1.54) is 25.3 Å². The Kier molecular flexibility index (Phi) is 5.24. The van der Waals surface area contributed by atoms with E-state index in [1.54, 1.807) is 18.3 Å². The third-order valence-corrected chi connectivity index (χ3v) is 3.84. The molecule has 0 unspecified atom stereocenters. The molecule has 3 aromatic rings. The molecule has 26 heavy (non-hydrogen) atoms. The number of nitrogens with zero attached hydrogens (tertiary/aromatic N) is 2. The van der Waals surface area contributed by atoms with Gasteiger partial charge in [-0.05, 0) is 36.4 Å². The highest BCUT2D eigenvalue weighted by molar-refractivity contribution is 6.33. The predicted octanol–water partition coefficient (Wildman–Crippen LogP) is 3.72. The first kappa shape index (κ1) is 17.6. The summed E-state index contributed by atoms with van der Waals surface area (Å²) in [6.07, 6.45) is 4.49. The number of halogens is 1. The zero-order valence-corrected chi connectivity index (χ0v) is 14.5. The maximum Gasteiger partial charge on any atom is 0.339 e. The van der Waals surface area contributed by atoms with E-state index in [0.29, 0.717) is 11.4 Å². The Bertz CT molecular complexity index is 1020. The van der Waals surface area contributed by atoms with Crippen LogP contribution in [-0.4, -0.2) is 29.0 Å². The van der Waals surface area contributed by atoms with Crippen molar-refractivity contribution in [1.82, 2.24) is 9.97 Å². The molecule has 1 heterocycles. The Morgan fingerprint density at radius 2 is 1.92 bits per heavy atom. The smallest absolute Gasteiger partial charge is 0.339 e. The maximum absolute atomic E-state index is 12.1. The van der Waals surface area contributed by atoms with Crippen molar-refractivity contribution in [2.45, 2.75) is 0 Å². The molecule has 0 aliphatic carbocycles. The minimum Gasteiger partial charge on any atom is -0.465 e. The summed E-state index contributed by atoms with van der Waals surface area (Å²) in [6.45, 7) is 0. The Morgan fingerprint density at radius 3 is 2.69 bits per heavy atom. The van der Waals surface area contributed by atoms with Gasteiger partial charge in [-0.3, -0.25) is 9.78 Å². The van der Waals surface area contributed by atoms with E-state index in [-0.39, 0.29) is 16.5 Å². The van der Waals surface area contributed by atoms with Gasteiger partial charge in [0, 0.05) is 11.8 Å². The molecule has 6 nitrogen and oxygen atoms in total. The van der Waals surface area contributed by atoms with Gasteiger partial charge in [0.25, 0.3) is 0 Å².